The fourth-order valence-corrected chi connectivity index (χ4v) is 1.38. The van der Waals surface area contributed by atoms with Crippen molar-refractivity contribution in [2.24, 2.45) is 0 Å². The lowest BCUT2D eigenvalue weighted by molar-refractivity contribution is -0.137. The van der Waals surface area contributed by atoms with Crippen molar-refractivity contribution in [3.05, 3.63) is 42.0 Å². The molecule has 0 aliphatic carbocycles. The highest BCUT2D eigenvalue weighted by molar-refractivity contribution is 6.03. The van der Waals surface area contributed by atoms with Gasteiger partial charge in [0.15, 0.2) is 0 Å². The normalized spacial score (nSPS) is 11.3. The molecule has 3 N–H and O–H groups in total. The van der Waals surface area contributed by atoms with Gasteiger partial charge in [-0.3, -0.25) is 4.79 Å². The number of anilines is 1. The van der Waals surface area contributed by atoms with Gasteiger partial charge in [-0.2, -0.15) is 13.2 Å². The van der Waals surface area contributed by atoms with Gasteiger partial charge in [0.1, 0.15) is 11.4 Å². The number of alkyl halides is 3. The Bertz CT molecular complexity index is 594. The molecule has 0 aliphatic heterocycles. The summed E-state index contributed by atoms with van der Waals surface area (Å²) in [6.07, 6.45) is -2.10. The first-order valence-electron chi connectivity index (χ1n) is 5.08. The minimum Gasteiger partial charge on any atom is -0.506 e. The van der Waals surface area contributed by atoms with Crippen molar-refractivity contribution in [3.63, 3.8) is 0 Å². The molecule has 0 spiro atoms. The third-order valence-corrected chi connectivity index (χ3v) is 2.31. The summed E-state index contributed by atoms with van der Waals surface area (Å²) in [5, 5.41) is 11.6. The van der Waals surface area contributed by atoms with Gasteiger partial charge in [0.2, 0.25) is 0 Å². The molecule has 0 radical (unpaired) electrons. The summed E-state index contributed by atoms with van der Waals surface area (Å²) in [6.45, 7) is 0. The predicted molar refractivity (Wildman–Crippen MR) is 59.6 cm³/mol. The van der Waals surface area contributed by atoms with Crippen LogP contribution in [-0.2, 0) is 6.18 Å². The lowest BCUT2D eigenvalue weighted by atomic mass is 10.1. The number of aromatic hydroxyl groups is 1. The van der Waals surface area contributed by atoms with E-state index in [9.17, 15) is 23.1 Å². The molecule has 5 nitrogen and oxygen atoms in total. The molecule has 1 heterocycles. The third-order valence-electron chi connectivity index (χ3n) is 2.31. The van der Waals surface area contributed by atoms with Crippen molar-refractivity contribution in [1.29, 1.82) is 0 Å². The van der Waals surface area contributed by atoms with Crippen LogP contribution in [-0.4, -0.2) is 21.0 Å². The zero-order chi connectivity index (χ0) is 14.0. The Kier molecular flexibility index (Phi) is 3.16. The number of benzene rings is 1. The molecule has 2 rings (SSSR count). The molecule has 100 valence electrons. The molecule has 0 saturated heterocycles. The zero-order valence-corrected chi connectivity index (χ0v) is 9.32. The molecule has 2 aromatic rings. The number of hydrogen-bond acceptors (Lipinski definition) is 3. The van der Waals surface area contributed by atoms with E-state index in [0.717, 1.165) is 12.1 Å². The number of aromatic amines is 1. The van der Waals surface area contributed by atoms with Crippen molar-refractivity contribution < 1.29 is 23.1 Å². The Labute approximate surface area is 105 Å². The van der Waals surface area contributed by atoms with E-state index in [4.69, 9.17) is 0 Å². The van der Waals surface area contributed by atoms with E-state index < -0.39 is 23.4 Å². The maximum Gasteiger partial charge on any atom is 0.416 e. The van der Waals surface area contributed by atoms with E-state index >= 15 is 0 Å². The largest absolute Gasteiger partial charge is 0.506 e. The summed E-state index contributed by atoms with van der Waals surface area (Å²) in [5.41, 5.74) is -1.23. The molecule has 0 bridgehead atoms. The molecule has 8 heteroatoms. The van der Waals surface area contributed by atoms with Gasteiger partial charge in [0.05, 0.1) is 23.8 Å². The van der Waals surface area contributed by atoms with Crippen LogP contribution >= 0.6 is 0 Å². The second-order valence-corrected chi connectivity index (χ2v) is 3.65. The molecule has 0 saturated carbocycles. The number of carbonyl (C=O) groups excluding carboxylic acids is 1. The molecule has 1 aromatic heterocycles. The van der Waals surface area contributed by atoms with Gasteiger partial charge in [-0.05, 0) is 18.2 Å². The number of imidazole rings is 1. The Morgan fingerprint density at radius 1 is 1.37 bits per heavy atom. The number of hydrogen-bond donors (Lipinski definition) is 3. The number of nitrogens with one attached hydrogen (secondary N) is 2. The Balaban J connectivity index is 2.27. The molecule has 1 amide bonds. The smallest absolute Gasteiger partial charge is 0.416 e. The fourth-order valence-electron chi connectivity index (χ4n) is 1.38. The van der Waals surface area contributed by atoms with E-state index in [1.54, 1.807) is 0 Å². The number of nitrogens with zero attached hydrogens (tertiary/aromatic N) is 1. The number of phenolic OH excluding ortho intramolecular Hbond substituents is 1. The van der Waals surface area contributed by atoms with Crippen molar-refractivity contribution >= 4 is 11.6 Å². The van der Waals surface area contributed by atoms with Crippen molar-refractivity contribution in [2.45, 2.75) is 6.18 Å². The van der Waals surface area contributed by atoms with Crippen LogP contribution in [0.25, 0.3) is 0 Å². The van der Waals surface area contributed by atoms with Gasteiger partial charge in [-0.25, -0.2) is 4.98 Å². The Morgan fingerprint density at radius 2 is 2.11 bits per heavy atom. The second kappa shape index (κ2) is 4.63. The van der Waals surface area contributed by atoms with Crippen LogP contribution in [0, 0.1) is 0 Å². The van der Waals surface area contributed by atoms with Crippen LogP contribution in [0.15, 0.2) is 30.7 Å². The van der Waals surface area contributed by atoms with E-state index in [-0.39, 0.29) is 11.4 Å². The minimum atomic E-state index is -4.55. The molecular weight excluding hydrogens is 263 g/mol. The highest BCUT2D eigenvalue weighted by atomic mass is 19.4. The van der Waals surface area contributed by atoms with Gasteiger partial charge in [-0.15, -0.1) is 0 Å². The lowest BCUT2D eigenvalue weighted by Crippen LogP contribution is -2.13. The van der Waals surface area contributed by atoms with Crippen molar-refractivity contribution in [1.82, 2.24) is 9.97 Å². The van der Waals surface area contributed by atoms with Crippen LogP contribution in [0.1, 0.15) is 16.1 Å². The Hall–Kier alpha value is -2.51. The number of halogens is 3. The van der Waals surface area contributed by atoms with E-state index in [1.807, 2.05) is 0 Å². The van der Waals surface area contributed by atoms with Crippen LogP contribution in [0.4, 0.5) is 18.9 Å². The SMILES string of the molecule is O=C(Nc1cc(C(F)(F)F)ccc1O)c1cnc[nH]1. The van der Waals surface area contributed by atoms with E-state index in [2.05, 4.69) is 15.3 Å². The molecule has 1 aromatic carbocycles. The molecule has 0 fully saturated rings. The molecule has 19 heavy (non-hydrogen) atoms. The fraction of sp³-hybridized carbons (Fsp3) is 0.0909. The van der Waals surface area contributed by atoms with E-state index in [1.165, 1.54) is 12.5 Å². The zero-order valence-electron chi connectivity index (χ0n) is 9.32. The highest BCUT2D eigenvalue weighted by Crippen LogP contribution is 2.34. The van der Waals surface area contributed by atoms with Crippen LogP contribution in [0.3, 0.4) is 0 Å². The summed E-state index contributed by atoms with van der Waals surface area (Å²) in [4.78, 5) is 17.7. The monoisotopic (exact) mass is 271 g/mol. The lowest BCUT2D eigenvalue weighted by Gasteiger charge is -2.11. The number of amides is 1. The van der Waals surface area contributed by atoms with Crippen molar-refractivity contribution in [3.8, 4) is 5.75 Å². The van der Waals surface area contributed by atoms with Gasteiger partial charge in [-0.1, -0.05) is 0 Å². The standard InChI is InChI=1S/C11H8F3N3O2/c12-11(13,14)6-1-2-9(18)7(3-6)17-10(19)8-4-15-5-16-8/h1-5,18H,(H,15,16)(H,17,19). The predicted octanol–water partition coefficient (Wildman–Crippen LogP) is 2.39. The molecule has 0 aliphatic rings. The van der Waals surface area contributed by atoms with Gasteiger partial charge in [0.25, 0.3) is 5.91 Å². The number of phenols is 1. The van der Waals surface area contributed by atoms with Crippen LogP contribution in [0.5, 0.6) is 5.75 Å². The average Bonchev–Trinajstić information content (AvgIpc) is 2.84. The quantitative estimate of drug-likeness (QED) is 0.734. The second-order valence-electron chi connectivity index (χ2n) is 3.65. The molecule has 0 unspecified atom stereocenters. The first-order valence-corrected chi connectivity index (χ1v) is 5.08. The van der Waals surface area contributed by atoms with E-state index in [0.29, 0.717) is 6.07 Å². The summed E-state index contributed by atoms with van der Waals surface area (Å²) in [7, 11) is 0. The van der Waals surface area contributed by atoms with Gasteiger partial charge in [0, 0.05) is 0 Å². The number of H-pyrrole nitrogens is 1. The molecular formula is C11H8F3N3O2. The first-order chi connectivity index (χ1) is 8.88. The van der Waals surface area contributed by atoms with Crippen LogP contribution < -0.4 is 5.32 Å². The topological polar surface area (TPSA) is 78.0 Å². The number of carbonyl (C=O) groups is 1. The first kappa shape index (κ1) is 12.9. The summed E-state index contributed by atoms with van der Waals surface area (Å²) in [6, 6.07) is 2.25. The highest BCUT2D eigenvalue weighted by Gasteiger charge is 2.31. The summed E-state index contributed by atoms with van der Waals surface area (Å²) in [5.74, 6) is -1.16. The van der Waals surface area contributed by atoms with Crippen LogP contribution in [0.2, 0.25) is 0 Å². The van der Waals surface area contributed by atoms with Crippen molar-refractivity contribution in [2.75, 3.05) is 5.32 Å². The number of rotatable bonds is 2. The molecule has 0 atom stereocenters. The average molecular weight is 271 g/mol. The van der Waals surface area contributed by atoms with Gasteiger partial charge >= 0.3 is 6.18 Å². The maximum atomic E-state index is 12.5. The van der Waals surface area contributed by atoms with Gasteiger partial charge < -0.3 is 15.4 Å². The summed E-state index contributed by atoms with van der Waals surface area (Å²) < 4.78 is 37.5. The maximum absolute atomic E-state index is 12.5. The minimum absolute atomic E-state index is 0.0665. The number of aromatic nitrogens is 2. The summed E-state index contributed by atoms with van der Waals surface area (Å²) >= 11 is 0. The third kappa shape index (κ3) is 2.84. The Morgan fingerprint density at radius 3 is 2.68 bits per heavy atom.